The molecule has 1 rings (SSSR count). The molecule has 10 heteroatoms. The summed E-state index contributed by atoms with van der Waals surface area (Å²) >= 11 is 0. The first-order valence-corrected chi connectivity index (χ1v) is 6.26. The molecule has 0 unspecified atom stereocenters. The standard InChI is InChI=1S/C11H19N7O3/c1-7-8(18(20)21)9(16-10(12-2)15-7)13-5-6-14-11(19)17(3)4/h5-6H2,1-4H3,(H,14,19)(H2,12,13,15,16). The number of urea groups is 1. The highest BCUT2D eigenvalue weighted by Gasteiger charge is 2.21. The molecule has 0 radical (unpaired) electrons. The van der Waals surface area contributed by atoms with Crippen molar-refractivity contribution < 1.29 is 9.72 Å². The van der Waals surface area contributed by atoms with Gasteiger partial charge in [-0.1, -0.05) is 0 Å². The summed E-state index contributed by atoms with van der Waals surface area (Å²) in [6, 6.07) is -0.235. The van der Waals surface area contributed by atoms with E-state index in [1.54, 1.807) is 28.1 Å². The zero-order valence-corrected chi connectivity index (χ0v) is 12.4. The molecule has 0 spiro atoms. The zero-order valence-electron chi connectivity index (χ0n) is 12.4. The Morgan fingerprint density at radius 3 is 2.52 bits per heavy atom. The number of carbonyl (C=O) groups is 1. The molecule has 21 heavy (non-hydrogen) atoms. The van der Waals surface area contributed by atoms with Gasteiger partial charge in [0.15, 0.2) is 0 Å². The maximum atomic E-state index is 11.3. The first-order chi connectivity index (χ1) is 9.86. The summed E-state index contributed by atoms with van der Waals surface area (Å²) < 4.78 is 0. The number of nitrogens with one attached hydrogen (secondary N) is 3. The van der Waals surface area contributed by atoms with Gasteiger partial charge in [0.2, 0.25) is 11.8 Å². The van der Waals surface area contributed by atoms with E-state index >= 15 is 0 Å². The third-order valence-corrected chi connectivity index (χ3v) is 2.56. The Hall–Kier alpha value is -2.65. The number of hydrogen-bond donors (Lipinski definition) is 3. The van der Waals surface area contributed by atoms with E-state index in [0.717, 1.165) is 0 Å². The highest BCUT2D eigenvalue weighted by atomic mass is 16.6. The molecule has 0 aliphatic carbocycles. The minimum absolute atomic E-state index is 0.121. The second-order valence-corrected chi connectivity index (χ2v) is 4.39. The van der Waals surface area contributed by atoms with Crippen LogP contribution in [0.2, 0.25) is 0 Å². The van der Waals surface area contributed by atoms with E-state index in [2.05, 4.69) is 25.9 Å². The molecule has 0 aromatic carbocycles. The van der Waals surface area contributed by atoms with Crippen molar-refractivity contribution in [3.05, 3.63) is 15.8 Å². The molecule has 0 saturated carbocycles. The summed E-state index contributed by atoms with van der Waals surface area (Å²) in [6.07, 6.45) is 0. The fraction of sp³-hybridized carbons (Fsp3) is 0.545. The van der Waals surface area contributed by atoms with Gasteiger partial charge in [-0.15, -0.1) is 0 Å². The molecule has 2 amide bonds. The number of nitrogens with zero attached hydrogens (tertiary/aromatic N) is 4. The maximum absolute atomic E-state index is 11.3. The van der Waals surface area contributed by atoms with Crippen LogP contribution in [-0.2, 0) is 0 Å². The maximum Gasteiger partial charge on any atom is 0.332 e. The van der Waals surface area contributed by atoms with Crippen LogP contribution in [0.5, 0.6) is 0 Å². The smallest absolute Gasteiger partial charge is 0.332 e. The molecule has 10 nitrogen and oxygen atoms in total. The summed E-state index contributed by atoms with van der Waals surface area (Å²) in [7, 11) is 4.88. The molecule has 1 aromatic heterocycles. The lowest BCUT2D eigenvalue weighted by Crippen LogP contribution is -2.37. The van der Waals surface area contributed by atoms with Gasteiger partial charge in [0.25, 0.3) is 0 Å². The van der Waals surface area contributed by atoms with Crippen LogP contribution in [0.4, 0.5) is 22.2 Å². The zero-order chi connectivity index (χ0) is 16.0. The molecular formula is C11H19N7O3. The predicted octanol–water partition coefficient (Wildman–Crippen LogP) is 0.418. The molecular weight excluding hydrogens is 278 g/mol. The highest BCUT2D eigenvalue weighted by molar-refractivity contribution is 5.73. The van der Waals surface area contributed by atoms with Crippen LogP contribution in [0.25, 0.3) is 0 Å². The van der Waals surface area contributed by atoms with E-state index in [9.17, 15) is 14.9 Å². The van der Waals surface area contributed by atoms with Gasteiger partial charge in [0.05, 0.1) is 4.92 Å². The predicted molar refractivity (Wildman–Crippen MR) is 78.5 cm³/mol. The summed E-state index contributed by atoms with van der Waals surface area (Å²) in [6.45, 7) is 2.16. The molecule has 0 saturated heterocycles. The van der Waals surface area contributed by atoms with Gasteiger partial charge >= 0.3 is 11.7 Å². The van der Waals surface area contributed by atoms with Crippen molar-refractivity contribution in [2.75, 3.05) is 44.9 Å². The number of aryl methyl sites for hydroxylation is 1. The fourth-order valence-electron chi connectivity index (χ4n) is 1.53. The molecule has 0 atom stereocenters. The summed E-state index contributed by atoms with van der Waals surface area (Å²) in [5, 5.41) is 19.3. The van der Waals surface area contributed by atoms with Crippen LogP contribution in [-0.4, -0.2) is 60.1 Å². The Balaban J connectivity index is 2.75. The van der Waals surface area contributed by atoms with Crippen LogP contribution >= 0.6 is 0 Å². The molecule has 0 bridgehead atoms. The summed E-state index contributed by atoms with van der Waals surface area (Å²) in [4.78, 5) is 31.3. The van der Waals surface area contributed by atoms with Crippen molar-refractivity contribution in [3.63, 3.8) is 0 Å². The Labute approximate surface area is 122 Å². The summed E-state index contributed by atoms with van der Waals surface area (Å²) in [5.41, 5.74) is 0.0899. The second kappa shape index (κ2) is 7.22. The molecule has 0 aliphatic rings. The largest absolute Gasteiger partial charge is 0.362 e. The van der Waals surface area contributed by atoms with Gasteiger partial charge in [0, 0.05) is 34.2 Å². The lowest BCUT2D eigenvalue weighted by atomic mass is 10.3. The van der Waals surface area contributed by atoms with Crippen LogP contribution in [0.1, 0.15) is 5.69 Å². The Bertz CT molecular complexity index is 533. The molecule has 0 aliphatic heterocycles. The van der Waals surface area contributed by atoms with E-state index < -0.39 is 4.92 Å². The van der Waals surface area contributed by atoms with Crippen molar-refractivity contribution in [1.29, 1.82) is 0 Å². The van der Waals surface area contributed by atoms with Gasteiger partial charge in [-0.3, -0.25) is 10.1 Å². The first kappa shape index (κ1) is 16.4. The van der Waals surface area contributed by atoms with Crippen molar-refractivity contribution in [2.24, 2.45) is 0 Å². The van der Waals surface area contributed by atoms with Gasteiger partial charge in [0.1, 0.15) is 5.69 Å². The number of nitro groups is 1. The van der Waals surface area contributed by atoms with E-state index in [-0.39, 0.29) is 29.2 Å². The Morgan fingerprint density at radius 1 is 1.33 bits per heavy atom. The van der Waals surface area contributed by atoms with Crippen molar-refractivity contribution in [1.82, 2.24) is 20.2 Å². The average Bonchev–Trinajstić information content (AvgIpc) is 2.41. The SMILES string of the molecule is CNc1nc(C)c([N+](=O)[O-])c(NCCNC(=O)N(C)C)n1. The van der Waals surface area contributed by atoms with Crippen LogP contribution in [0.15, 0.2) is 0 Å². The lowest BCUT2D eigenvalue weighted by molar-refractivity contribution is -0.385. The van der Waals surface area contributed by atoms with Crippen LogP contribution in [0, 0.1) is 17.0 Å². The fourth-order valence-corrected chi connectivity index (χ4v) is 1.53. The number of rotatable bonds is 6. The number of carbonyl (C=O) groups excluding carboxylic acids is 1. The van der Waals surface area contributed by atoms with E-state index in [1.807, 2.05) is 0 Å². The van der Waals surface area contributed by atoms with E-state index in [0.29, 0.717) is 13.1 Å². The third-order valence-electron chi connectivity index (χ3n) is 2.56. The molecule has 1 heterocycles. The Morgan fingerprint density at radius 2 is 2.00 bits per heavy atom. The van der Waals surface area contributed by atoms with Crippen molar-refractivity contribution >= 4 is 23.5 Å². The number of hydrogen-bond acceptors (Lipinski definition) is 7. The number of amides is 2. The van der Waals surface area contributed by atoms with Gasteiger partial charge in [-0.25, -0.2) is 9.78 Å². The molecule has 116 valence electrons. The van der Waals surface area contributed by atoms with Crippen LogP contribution < -0.4 is 16.0 Å². The van der Waals surface area contributed by atoms with Gasteiger partial charge < -0.3 is 20.9 Å². The minimum atomic E-state index is -0.532. The van der Waals surface area contributed by atoms with Crippen molar-refractivity contribution in [2.45, 2.75) is 6.92 Å². The monoisotopic (exact) mass is 297 g/mol. The number of anilines is 2. The molecule has 1 aromatic rings. The second-order valence-electron chi connectivity index (χ2n) is 4.39. The van der Waals surface area contributed by atoms with Crippen LogP contribution in [0.3, 0.4) is 0 Å². The van der Waals surface area contributed by atoms with Gasteiger partial charge in [-0.2, -0.15) is 4.98 Å². The quantitative estimate of drug-likeness (QED) is 0.394. The first-order valence-electron chi connectivity index (χ1n) is 6.26. The van der Waals surface area contributed by atoms with Crippen molar-refractivity contribution in [3.8, 4) is 0 Å². The number of aromatic nitrogens is 2. The topological polar surface area (TPSA) is 125 Å². The highest BCUT2D eigenvalue weighted by Crippen LogP contribution is 2.25. The molecule has 0 fully saturated rings. The van der Waals surface area contributed by atoms with Gasteiger partial charge in [-0.05, 0) is 6.92 Å². The third kappa shape index (κ3) is 4.44. The van der Waals surface area contributed by atoms with E-state index in [4.69, 9.17) is 0 Å². The minimum Gasteiger partial charge on any atom is -0.362 e. The Kier molecular flexibility index (Phi) is 5.64. The summed E-state index contributed by atoms with van der Waals surface area (Å²) in [5.74, 6) is 0.411. The normalized spacial score (nSPS) is 9.90. The lowest BCUT2D eigenvalue weighted by Gasteiger charge is -2.13. The average molecular weight is 297 g/mol. The van der Waals surface area contributed by atoms with E-state index in [1.165, 1.54) is 4.90 Å². The molecule has 3 N–H and O–H groups in total.